The summed E-state index contributed by atoms with van der Waals surface area (Å²) in [5.74, 6) is 0.703. The van der Waals surface area contributed by atoms with Crippen molar-refractivity contribution in [2.75, 3.05) is 0 Å². The average molecular weight is 226 g/mol. The van der Waals surface area contributed by atoms with Crippen LogP contribution in [-0.2, 0) is 13.1 Å². The first-order valence-electron chi connectivity index (χ1n) is 4.39. The molecule has 1 aromatic heterocycles. The lowest BCUT2D eigenvalue weighted by molar-refractivity contribution is 0.619. The Morgan fingerprint density at radius 3 is 2.60 bits per heavy atom. The molecule has 1 aromatic carbocycles. The Morgan fingerprint density at radius 1 is 1.20 bits per heavy atom. The largest absolute Gasteiger partial charge is 0.324 e. The van der Waals surface area contributed by atoms with E-state index in [4.69, 9.17) is 5.73 Å². The van der Waals surface area contributed by atoms with Gasteiger partial charge in [-0.3, -0.25) is 0 Å². The summed E-state index contributed by atoms with van der Waals surface area (Å²) in [7, 11) is 0. The van der Waals surface area contributed by atoms with E-state index in [2.05, 4.69) is 15.5 Å². The third-order valence-corrected chi connectivity index (χ3v) is 1.96. The monoisotopic (exact) mass is 225 g/mol. The molecule has 0 saturated carbocycles. The van der Waals surface area contributed by atoms with Crippen LogP contribution in [0.25, 0.3) is 0 Å². The van der Waals surface area contributed by atoms with E-state index < -0.39 is 0 Å². The number of halogens is 1. The van der Waals surface area contributed by atoms with Gasteiger partial charge in [0.1, 0.15) is 0 Å². The lowest BCUT2D eigenvalue weighted by atomic mass is 10.2. The van der Waals surface area contributed by atoms with Gasteiger partial charge in [-0.2, -0.15) is 0 Å². The van der Waals surface area contributed by atoms with Crippen molar-refractivity contribution in [3.05, 3.63) is 41.7 Å². The van der Waals surface area contributed by atoms with Crippen LogP contribution in [0.4, 0.5) is 0 Å². The van der Waals surface area contributed by atoms with Gasteiger partial charge in [0.25, 0.3) is 0 Å². The second-order valence-corrected chi connectivity index (χ2v) is 2.94. The fourth-order valence-electron chi connectivity index (χ4n) is 1.25. The highest BCUT2D eigenvalue weighted by Crippen LogP contribution is 2.01. The summed E-state index contributed by atoms with van der Waals surface area (Å²) in [5.41, 5.74) is 6.65. The molecule has 6 heteroatoms. The number of hydrogen-bond acceptors (Lipinski definition) is 4. The predicted molar refractivity (Wildman–Crippen MR) is 58.5 cm³/mol. The van der Waals surface area contributed by atoms with Crippen LogP contribution in [0, 0.1) is 0 Å². The van der Waals surface area contributed by atoms with Crippen molar-refractivity contribution < 1.29 is 0 Å². The minimum absolute atomic E-state index is 0. The van der Waals surface area contributed by atoms with Crippen molar-refractivity contribution in [1.82, 2.24) is 20.2 Å². The van der Waals surface area contributed by atoms with Gasteiger partial charge in [-0.1, -0.05) is 30.3 Å². The highest BCUT2D eigenvalue weighted by atomic mass is 35.5. The van der Waals surface area contributed by atoms with E-state index in [0.29, 0.717) is 18.9 Å². The number of benzene rings is 1. The van der Waals surface area contributed by atoms with Gasteiger partial charge in [0.2, 0.25) is 0 Å². The lowest BCUT2D eigenvalue weighted by Gasteiger charge is -2.02. The highest BCUT2D eigenvalue weighted by molar-refractivity contribution is 5.85. The van der Waals surface area contributed by atoms with Gasteiger partial charge < -0.3 is 5.73 Å². The first kappa shape index (κ1) is 11.6. The molecule has 0 atom stereocenters. The zero-order chi connectivity index (χ0) is 9.80. The summed E-state index contributed by atoms with van der Waals surface area (Å²) in [6, 6.07) is 10.0. The van der Waals surface area contributed by atoms with Crippen LogP contribution in [0.2, 0.25) is 0 Å². The maximum Gasteiger partial charge on any atom is 0.165 e. The molecule has 0 aliphatic heterocycles. The summed E-state index contributed by atoms with van der Waals surface area (Å²) in [5, 5.41) is 11.2. The van der Waals surface area contributed by atoms with Gasteiger partial charge >= 0.3 is 0 Å². The molecule has 0 bridgehead atoms. The van der Waals surface area contributed by atoms with Crippen LogP contribution in [0.5, 0.6) is 0 Å². The number of hydrogen-bond donors (Lipinski definition) is 1. The molecular formula is C9H12ClN5. The van der Waals surface area contributed by atoms with Crippen LogP contribution in [-0.4, -0.2) is 20.2 Å². The molecule has 0 fully saturated rings. The van der Waals surface area contributed by atoms with E-state index in [9.17, 15) is 0 Å². The standard InChI is InChI=1S/C9H11N5.ClH/c10-6-9-11-12-13-14(9)7-8-4-2-1-3-5-8;/h1-5H,6-7,10H2;1H. The molecular weight excluding hydrogens is 214 g/mol. The van der Waals surface area contributed by atoms with Gasteiger partial charge in [-0.25, -0.2) is 4.68 Å². The van der Waals surface area contributed by atoms with Crippen LogP contribution in [0.15, 0.2) is 30.3 Å². The van der Waals surface area contributed by atoms with Crippen molar-refractivity contribution in [3.63, 3.8) is 0 Å². The summed E-state index contributed by atoms with van der Waals surface area (Å²) >= 11 is 0. The first-order valence-corrected chi connectivity index (χ1v) is 4.39. The Hall–Kier alpha value is -1.46. The maximum atomic E-state index is 5.49. The molecule has 0 spiro atoms. The first-order chi connectivity index (χ1) is 6.90. The summed E-state index contributed by atoms with van der Waals surface area (Å²) in [6.07, 6.45) is 0. The van der Waals surface area contributed by atoms with Crippen LogP contribution < -0.4 is 5.73 Å². The Kier molecular flexibility index (Phi) is 4.20. The van der Waals surface area contributed by atoms with E-state index >= 15 is 0 Å². The Labute approximate surface area is 93.7 Å². The molecule has 0 unspecified atom stereocenters. The van der Waals surface area contributed by atoms with Gasteiger partial charge in [0, 0.05) is 0 Å². The molecule has 2 aromatic rings. The lowest BCUT2D eigenvalue weighted by Crippen LogP contribution is -2.10. The third-order valence-electron chi connectivity index (χ3n) is 1.96. The van der Waals surface area contributed by atoms with Gasteiger partial charge in [-0.15, -0.1) is 17.5 Å². The quantitative estimate of drug-likeness (QED) is 0.831. The Bertz CT molecular complexity index is 400. The Morgan fingerprint density at radius 2 is 1.93 bits per heavy atom. The minimum atomic E-state index is 0. The summed E-state index contributed by atoms with van der Waals surface area (Å²) < 4.78 is 1.70. The Balaban J connectivity index is 0.00000112. The number of nitrogens with zero attached hydrogens (tertiary/aromatic N) is 4. The number of aromatic nitrogens is 4. The number of nitrogens with two attached hydrogens (primary N) is 1. The van der Waals surface area contributed by atoms with Crippen molar-refractivity contribution >= 4 is 12.4 Å². The zero-order valence-corrected chi connectivity index (χ0v) is 8.89. The van der Waals surface area contributed by atoms with E-state index in [1.165, 1.54) is 0 Å². The molecule has 15 heavy (non-hydrogen) atoms. The molecule has 0 aliphatic rings. The van der Waals surface area contributed by atoms with E-state index in [1.807, 2.05) is 30.3 Å². The molecule has 1 heterocycles. The molecule has 5 nitrogen and oxygen atoms in total. The molecule has 2 N–H and O–H groups in total. The third kappa shape index (κ3) is 2.74. The molecule has 0 radical (unpaired) electrons. The number of rotatable bonds is 3. The summed E-state index contributed by atoms with van der Waals surface area (Å²) in [4.78, 5) is 0. The zero-order valence-electron chi connectivity index (χ0n) is 8.08. The molecule has 0 aliphatic carbocycles. The number of tetrazole rings is 1. The minimum Gasteiger partial charge on any atom is -0.324 e. The van der Waals surface area contributed by atoms with Gasteiger partial charge in [-0.05, 0) is 16.0 Å². The second-order valence-electron chi connectivity index (χ2n) is 2.94. The highest BCUT2D eigenvalue weighted by Gasteiger charge is 2.03. The fraction of sp³-hybridized carbons (Fsp3) is 0.222. The van der Waals surface area contributed by atoms with Crippen molar-refractivity contribution in [2.45, 2.75) is 13.1 Å². The maximum absolute atomic E-state index is 5.49. The van der Waals surface area contributed by atoms with Crippen LogP contribution in [0.1, 0.15) is 11.4 Å². The molecule has 80 valence electrons. The second kappa shape index (κ2) is 5.43. The average Bonchev–Trinajstić information content (AvgIpc) is 2.67. The smallest absolute Gasteiger partial charge is 0.165 e. The van der Waals surface area contributed by atoms with E-state index in [-0.39, 0.29) is 12.4 Å². The molecule has 0 amide bonds. The fourth-order valence-corrected chi connectivity index (χ4v) is 1.25. The molecule has 0 saturated heterocycles. The van der Waals surface area contributed by atoms with Crippen LogP contribution in [0.3, 0.4) is 0 Å². The van der Waals surface area contributed by atoms with Gasteiger partial charge in [0.05, 0.1) is 13.1 Å². The summed E-state index contributed by atoms with van der Waals surface area (Å²) in [6.45, 7) is 1.03. The molecule has 2 rings (SSSR count). The van der Waals surface area contributed by atoms with Gasteiger partial charge in [0.15, 0.2) is 5.82 Å². The van der Waals surface area contributed by atoms with Crippen molar-refractivity contribution in [2.24, 2.45) is 5.73 Å². The van der Waals surface area contributed by atoms with Crippen molar-refractivity contribution in [3.8, 4) is 0 Å². The normalized spacial score (nSPS) is 9.67. The predicted octanol–water partition coefficient (Wildman–Crippen LogP) is 0.602. The SMILES string of the molecule is Cl.NCc1nnnn1Cc1ccccc1. The van der Waals surface area contributed by atoms with E-state index in [1.54, 1.807) is 4.68 Å². The van der Waals surface area contributed by atoms with Crippen LogP contribution >= 0.6 is 12.4 Å². The van der Waals surface area contributed by atoms with Crippen molar-refractivity contribution in [1.29, 1.82) is 0 Å². The van der Waals surface area contributed by atoms with E-state index in [0.717, 1.165) is 5.56 Å². The topological polar surface area (TPSA) is 69.6 Å².